The van der Waals surface area contributed by atoms with Crippen molar-refractivity contribution in [1.82, 2.24) is 15.1 Å². The number of hydrogen-bond acceptors (Lipinski definition) is 4. The Morgan fingerprint density at radius 2 is 1.61 bits per heavy atom. The minimum atomic E-state index is 0.0519. The fourth-order valence-corrected chi connectivity index (χ4v) is 5.73. The van der Waals surface area contributed by atoms with Gasteiger partial charge in [0.25, 0.3) is 5.91 Å². The molecule has 4 fully saturated rings. The number of rotatable bonds is 6. The lowest BCUT2D eigenvalue weighted by molar-refractivity contribution is -0.0120. The van der Waals surface area contributed by atoms with Crippen LogP contribution in [-0.2, 0) is 0 Å². The molecule has 4 unspecified atom stereocenters. The van der Waals surface area contributed by atoms with Gasteiger partial charge in [0.15, 0.2) is 0 Å². The topological polar surface area (TPSA) is 38.8 Å². The van der Waals surface area contributed by atoms with Gasteiger partial charge in [-0.1, -0.05) is 36.4 Å². The van der Waals surface area contributed by atoms with E-state index in [0.29, 0.717) is 6.04 Å². The molecule has 4 atom stereocenters. The molecule has 2 aromatic rings. The molecule has 0 spiro atoms. The normalized spacial score (nSPS) is 28.5. The van der Waals surface area contributed by atoms with Gasteiger partial charge >= 0.3 is 0 Å². The molecule has 0 radical (unpaired) electrons. The molecule has 1 N–H and O–H groups in total. The molecule has 4 aliphatic heterocycles. The van der Waals surface area contributed by atoms with E-state index in [0.717, 1.165) is 50.1 Å². The van der Waals surface area contributed by atoms with Gasteiger partial charge in [0.05, 0.1) is 0 Å². The second kappa shape index (κ2) is 9.41. The van der Waals surface area contributed by atoms with E-state index in [1.54, 1.807) is 0 Å². The number of anilines is 1. The molecule has 0 aliphatic carbocycles. The number of benzene rings is 2. The van der Waals surface area contributed by atoms with Crippen LogP contribution in [0.3, 0.4) is 0 Å². The maximum absolute atomic E-state index is 12.4. The van der Waals surface area contributed by atoms with Crippen LogP contribution in [0.15, 0.2) is 60.7 Å². The number of carbonyl (C=O) groups excluding carboxylic acids is 1. The molecule has 5 heteroatoms. The van der Waals surface area contributed by atoms with Gasteiger partial charge in [0.2, 0.25) is 0 Å². The molecule has 1 amide bonds. The van der Waals surface area contributed by atoms with E-state index in [4.69, 9.17) is 0 Å². The minimum Gasteiger partial charge on any atom is -0.369 e. The van der Waals surface area contributed by atoms with Crippen molar-refractivity contribution in [2.24, 2.45) is 11.8 Å². The predicted molar refractivity (Wildman–Crippen MR) is 125 cm³/mol. The number of carbonyl (C=O) groups is 1. The SMILES string of the molecule is O=C(NCC1CC2CCN1CC2CN1CCN(c2ccccc2)CC1)c1ccccc1. The van der Waals surface area contributed by atoms with Crippen molar-refractivity contribution in [3.05, 3.63) is 66.2 Å². The summed E-state index contributed by atoms with van der Waals surface area (Å²) in [6.45, 7) is 8.95. The molecule has 2 aromatic carbocycles. The summed E-state index contributed by atoms with van der Waals surface area (Å²) in [5.41, 5.74) is 2.11. The Balaban J connectivity index is 1.09. The van der Waals surface area contributed by atoms with E-state index in [-0.39, 0.29) is 5.91 Å². The number of hydrogen-bond donors (Lipinski definition) is 1. The van der Waals surface area contributed by atoms with Gasteiger partial charge in [0.1, 0.15) is 0 Å². The summed E-state index contributed by atoms with van der Waals surface area (Å²) in [6, 6.07) is 20.9. The molecule has 31 heavy (non-hydrogen) atoms. The van der Waals surface area contributed by atoms with Crippen LogP contribution in [0.25, 0.3) is 0 Å². The summed E-state index contributed by atoms with van der Waals surface area (Å²) in [5.74, 6) is 1.63. The number of amides is 1. The van der Waals surface area contributed by atoms with Crippen LogP contribution in [0.4, 0.5) is 5.69 Å². The Labute approximate surface area is 186 Å². The van der Waals surface area contributed by atoms with Gasteiger partial charge in [-0.25, -0.2) is 0 Å². The molecule has 164 valence electrons. The highest BCUT2D eigenvalue weighted by Crippen LogP contribution is 2.36. The number of para-hydroxylation sites is 1. The Morgan fingerprint density at radius 3 is 2.29 bits per heavy atom. The van der Waals surface area contributed by atoms with Gasteiger partial charge in [-0.2, -0.15) is 0 Å². The van der Waals surface area contributed by atoms with Crippen LogP contribution in [0.2, 0.25) is 0 Å². The third-order valence-corrected chi connectivity index (χ3v) is 7.53. The van der Waals surface area contributed by atoms with Crippen molar-refractivity contribution in [1.29, 1.82) is 0 Å². The second-order valence-corrected chi connectivity index (χ2v) is 9.39. The maximum atomic E-state index is 12.4. The molecule has 4 saturated heterocycles. The maximum Gasteiger partial charge on any atom is 0.251 e. The van der Waals surface area contributed by atoms with Crippen molar-refractivity contribution in [2.75, 3.05) is 57.3 Å². The monoisotopic (exact) mass is 418 g/mol. The molecule has 5 nitrogen and oxygen atoms in total. The number of nitrogens with zero attached hydrogens (tertiary/aromatic N) is 3. The predicted octanol–water partition coefficient (Wildman–Crippen LogP) is 2.95. The van der Waals surface area contributed by atoms with Crippen LogP contribution in [-0.4, -0.2) is 74.1 Å². The minimum absolute atomic E-state index is 0.0519. The van der Waals surface area contributed by atoms with E-state index >= 15 is 0 Å². The first-order valence-electron chi connectivity index (χ1n) is 11.9. The van der Waals surface area contributed by atoms with E-state index in [9.17, 15) is 4.79 Å². The van der Waals surface area contributed by atoms with Crippen molar-refractivity contribution in [2.45, 2.75) is 18.9 Å². The molecule has 6 rings (SSSR count). The summed E-state index contributed by atoms with van der Waals surface area (Å²) in [7, 11) is 0. The Kier molecular flexibility index (Phi) is 6.23. The summed E-state index contributed by atoms with van der Waals surface area (Å²) in [5, 5.41) is 3.17. The zero-order valence-corrected chi connectivity index (χ0v) is 18.3. The van der Waals surface area contributed by atoms with Gasteiger partial charge < -0.3 is 10.2 Å². The van der Waals surface area contributed by atoms with E-state index < -0.39 is 0 Å². The zero-order valence-electron chi connectivity index (χ0n) is 18.3. The molecular formula is C26H34N4O. The average molecular weight is 419 g/mol. The highest BCUT2D eigenvalue weighted by molar-refractivity contribution is 5.94. The smallest absolute Gasteiger partial charge is 0.251 e. The van der Waals surface area contributed by atoms with Crippen LogP contribution in [0.5, 0.6) is 0 Å². The Hall–Kier alpha value is -2.37. The van der Waals surface area contributed by atoms with Crippen LogP contribution in [0.1, 0.15) is 23.2 Å². The number of piperidine rings is 3. The number of piperazine rings is 1. The lowest BCUT2D eigenvalue weighted by Gasteiger charge is -2.51. The van der Waals surface area contributed by atoms with Crippen LogP contribution >= 0.6 is 0 Å². The quantitative estimate of drug-likeness (QED) is 0.783. The third-order valence-electron chi connectivity index (χ3n) is 7.53. The van der Waals surface area contributed by atoms with Gasteiger partial charge in [0, 0.05) is 63.1 Å². The van der Waals surface area contributed by atoms with E-state index in [2.05, 4.69) is 50.3 Å². The molecular weight excluding hydrogens is 384 g/mol. The van der Waals surface area contributed by atoms with Crippen molar-refractivity contribution in [3.8, 4) is 0 Å². The highest BCUT2D eigenvalue weighted by atomic mass is 16.1. The lowest BCUT2D eigenvalue weighted by atomic mass is 9.75. The first kappa shape index (κ1) is 20.5. The molecule has 0 saturated carbocycles. The van der Waals surface area contributed by atoms with Crippen molar-refractivity contribution in [3.63, 3.8) is 0 Å². The van der Waals surface area contributed by atoms with E-state index in [1.807, 2.05) is 30.3 Å². The first-order chi connectivity index (χ1) is 15.3. The fourth-order valence-electron chi connectivity index (χ4n) is 5.73. The van der Waals surface area contributed by atoms with Gasteiger partial charge in [-0.15, -0.1) is 0 Å². The van der Waals surface area contributed by atoms with Gasteiger partial charge in [-0.3, -0.25) is 14.6 Å². The molecule has 4 heterocycles. The molecule has 2 bridgehead atoms. The molecule has 4 aliphatic rings. The largest absolute Gasteiger partial charge is 0.369 e. The first-order valence-corrected chi connectivity index (χ1v) is 11.9. The molecule has 0 aromatic heterocycles. The number of nitrogens with one attached hydrogen (secondary N) is 1. The Morgan fingerprint density at radius 1 is 0.903 bits per heavy atom. The lowest BCUT2D eigenvalue weighted by Crippen LogP contribution is -2.59. The van der Waals surface area contributed by atoms with Crippen molar-refractivity contribution >= 4 is 11.6 Å². The van der Waals surface area contributed by atoms with Crippen LogP contribution in [0, 0.1) is 11.8 Å². The van der Waals surface area contributed by atoms with Crippen LogP contribution < -0.4 is 10.2 Å². The zero-order chi connectivity index (χ0) is 21.0. The number of fused-ring (bicyclic) bond motifs is 3. The summed E-state index contributed by atoms with van der Waals surface area (Å²) in [6.07, 6.45) is 2.54. The van der Waals surface area contributed by atoms with Gasteiger partial charge in [-0.05, 0) is 55.5 Å². The summed E-state index contributed by atoms with van der Waals surface area (Å²) >= 11 is 0. The second-order valence-electron chi connectivity index (χ2n) is 9.39. The summed E-state index contributed by atoms with van der Waals surface area (Å²) < 4.78 is 0. The highest BCUT2D eigenvalue weighted by Gasteiger charge is 2.40. The average Bonchev–Trinajstić information content (AvgIpc) is 2.85. The third kappa shape index (κ3) is 4.78. The van der Waals surface area contributed by atoms with Crippen molar-refractivity contribution < 1.29 is 4.79 Å². The Bertz CT molecular complexity index is 850. The summed E-state index contributed by atoms with van der Waals surface area (Å²) in [4.78, 5) is 20.2. The standard InChI is InChI=1S/C26H34N4O/c31-26(21-7-3-1-4-8-21)27-18-25-17-22-11-12-30(25)20-23(22)19-28-13-15-29(16-14-28)24-9-5-2-6-10-24/h1-10,22-23,25H,11-20H2,(H,27,31). The van der Waals surface area contributed by atoms with E-state index in [1.165, 1.54) is 38.2 Å². The fraction of sp³-hybridized carbons (Fsp3) is 0.500.